The highest BCUT2D eigenvalue weighted by Crippen LogP contribution is 2.06. The van der Waals surface area contributed by atoms with Crippen LogP contribution in [-0.2, 0) is 0 Å². The molecule has 0 aromatic rings. The van der Waals surface area contributed by atoms with Gasteiger partial charge in [0.05, 0.1) is 12.1 Å². The van der Waals surface area contributed by atoms with Crippen LogP contribution in [-0.4, -0.2) is 0 Å². The van der Waals surface area contributed by atoms with E-state index < -0.39 is 0 Å². The summed E-state index contributed by atoms with van der Waals surface area (Å²) in [5.41, 5.74) is 0. The summed E-state index contributed by atoms with van der Waals surface area (Å²) in [5.74, 6) is 0. The van der Waals surface area contributed by atoms with E-state index in [0.717, 1.165) is 25.7 Å². The Labute approximate surface area is 80.5 Å². The van der Waals surface area contributed by atoms with Crippen LogP contribution < -0.4 is 0 Å². The van der Waals surface area contributed by atoms with E-state index in [1.807, 2.05) is 12.1 Å². The van der Waals surface area contributed by atoms with Crippen LogP contribution in [0, 0.1) is 22.7 Å². The fourth-order valence-corrected chi connectivity index (χ4v) is 1.13. The molecule has 2 heteroatoms. The second-order valence-corrected chi connectivity index (χ2v) is 3.00. The summed E-state index contributed by atoms with van der Waals surface area (Å²) >= 11 is 0. The molecule has 0 aromatic carbocycles. The summed E-state index contributed by atoms with van der Waals surface area (Å²) in [6, 6.07) is 4.11. The first-order chi connectivity index (χ1) is 6.41. The zero-order chi connectivity index (χ0) is 9.78. The van der Waals surface area contributed by atoms with E-state index in [4.69, 9.17) is 10.5 Å². The topological polar surface area (TPSA) is 47.6 Å². The molecule has 0 N–H and O–H groups in total. The fraction of sp³-hybridized carbons (Fsp3) is 0.636. The number of hydrogen-bond donors (Lipinski definition) is 0. The van der Waals surface area contributed by atoms with Gasteiger partial charge >= 0.3 is 0 Å². The third kappa shape index (κ3) is 10.7. The summed E-state index contributed by atoms with van der Waals surface area (Å²) in [6.45, 7) is 0. The summed E-state index contributed by atoms with van der Waals surface area (Å²) in [5, 5.41) is 16.5. The van der Waals surface area contributed by atoms with Gasteiger partial charge in [0.25, 0.3) is 0 Å². The van der Waals surface area contributed by atoms with Gasteiger partial charge in [0, 0.05) is 12.5 Å². The van der Waals surface area contributed by atoms with Gasteiger partial charge in [-0.25, -0.2) is 0 Å². The second-order valence-electron chi connectivity index (χ2n) is 3.00. The van der Waals surface area contributed by atoms with Gasteiger partial charge in [0.1, 0.15) is 0 Å². The Bertz CT molecular complexity index is 205. The lowest BCUT2D eigenvalue weighted by Gasteiger charge is -1.96. The van der Waals surface area contributed by atoms with Crippen LogP contribution in [0.5, 0.6) is 0 Å². The Balaban J connectivity index is 2.97. The van der Waals surface area contributed by atoms with Gasteiger partial charge in [-0.15, -0.1) is 0 Å². The molecule has 0 aliphatic carbocycles. The molecular weight excluding hydrogens is 160 g/mol. The van der Waals surface area contributed by atoms with Gasteiger partial charge in [-0.1, -0.05) is 25.3 Å². The molecule has 0 unspecified atom stereocenters. The van der Waals surface area contributed by atoms with E-state index in [1.54, 1.807) is 0 Å². The lowest BCUT2D eigenvalue weighted by Crippen LogP contribution is -1.77. The molecule has 0 bridgehead atoms. The molecule has 0 fully saturated rings. The average molecular weight is 176 g/mol. The van der Waals surface area contributed by atoms with Crippen LogP contribution >= 0.6 is 0 Å². The molecule has 2 nitrogen and oxygen atoms in total. The molecule has 0 saturated heterocycles. The Morgan fingerprint density at radius 2 is 1.62 bits per heavy atom. The minimum atomic E-state index is 0.689. The molecule has 0 aromatic heterocycles. The second kappa shape index (κ2) is 10.7. The molecule has 0 radical (unpaired) electrons. The summed E-state index contributed by atoms with van der Waals surface area (Å²) in [7, 11) is 0. The highest BCUT2D eigenvalue weighted by molar-refractivity contribution is 5.01. The monoisotopic (exact) mass is 176 g/mol. The number of hydrogen-bond acceptors (Lipinski definition) is 2. The van der Waals surface area contributed by atoms with E-state index in [2.05, 4.69) is 6.07 Å². The molecule has 0 saturated carbocycles. The maximum Gasteiger partial charge on any atom is 0.0908 e. The van der Waals surface area contributed by atoms with E-state index >= 15 is 0 Å². The normalized spacial score (nSPS) is 9.69. The molecule has 70 valence electrons. The molecule has 0 aliphatic heterocycles. The van der Waals surface area contributed by atoms with Crippen molar-refractivity contribution in [2.75, 3.05) is 0 Å². The number of allylic oxidation sites excluding steroid dienone is 2. The lowest BCUT2D eigenvalue weighted by molar-refractivity contribution is 0.624. The molecule has 0 heterocycles. The highest BCUT2D eigenvalue weighted by atomic mass is 14.2. The third-order valence-electron chi connectivity index (χ3n) is 1.85. The lowest BCUT2D eigenvalue weighted by atomic mass is 10.1. The SMILES string of the molecule is N#CC=CCCCCCCCC#N. The maximum absolute atomic E-state index is 8.28. The predicted octanol–water partition coefficient (Wildman–Crippen LogP) is 3.32. The van der Waals surface area contributed by atoms with Crippen LogP contribution in [0.25, 0.3) is 0 Å². The molecule has 0 rings (SSSR count). The first-order valence-corrected chi connectivity index (χ1v) is 4.83. The third-order valence-corrected chi connectivity index (χ3v) is 1.85. The van der Waals surface area contributed by atoms with Crippen molar-refractivity contribution in [2.24, 2.45) is 0 Å². The van der Waals surface area contributed by atoms with Gasteiger partial charge in [0.2, 0.25) is 0 Å². The van der Waals surface area contributed by atoms with Crippen LogP contribution in [0.2, 0.25) is 0 Å². The number of unbranched alkanes of at least 4 members (excludes halogenated alkanes) is 6. The Hall–Kier alpha value is -1.28. The van der Waals surface area contributed by atoms with Crippen molar-refractivity contribution in [1.29, 1.82) is 10.5 Å². The summed E-state index contributed by atoms with van der Waals surface area (Å²) in [6.07, 6.45) is 10.9. The van der Waals surface area contributed by atoms with E-state index in [0.29, 0.717) is 6.42 Å². The minimum absolute atomic E-state index is 0.689. The zero-order valence-corrected chi connectivity index (χ0v) is 8.00. The predicted molar refractivity (Wildman–Crippen MR) is 52.7 cm³/mol. The van der Waals surface area contributed by atoms with Gasteiger partial charge < -0.3 is 0 Å². The average Bonchev–Trinajstić information content (AvgIpc) is 2.16. The largest absolute Gasteiger partial charge is 0.198 e. The summed E-state index contributed by atoms with van der Waals surface area (Å²) < 4.78 is 0. The van der Waals surface area contributed by atoms with Crippen molar-refractivity contribution < 1.29 is 0 Å². The molecule has 0 aliphatic rings. The van der Waals surface area contributed by atoms with E-state index in [1.165, 1.54) is 18.9 Å². The van der Waals surface area contributed by atoms with E-state index in [-0.39, 0.29) is 0 Å². The van der Waals surface area contributed by atoms with Crippen LogP contribution in [0.3, 0.4) is 0 Å². The summed E-state index contributed by atoms with van der Waals surface area (Å²) in [4.78, 5) is 0. The van der Waals surface area contributed by atoms with Crippen molar-refractivity contribution in [1.82, 2.24) is 0 Å². The quantitative estimate of drug-likeness (QED) is 0.441. The van der Waals surface area contributed by atoms with Crippen molar-refractivity contribution in [3.05, 3.63) is 12.2 Å². The number of rotatable bonds is 7. The van der Waals surface area contributed by atoms with E-state index in [9.17, 15) is 0 Å². The minimum Gasteiger partial charge on any atom is -0.198 e. The number of nitriles is 2. The fourth-order valence-electron chi connectivity index (χ4n) is 1.13. The van der Waals surface area contributed by atoms with Crippen molar-refractivity contribution >= 4 is 0 Å². The van der Waals surface area contributed by atoms with Crippen LogP contribution in [0.15, 0.2) is 12.2 Å². The van der Waals surface area contributed by atoms with Crippen molar-refractivity contribution in [3.63, 3.8) is 0 Å². The van der Waals surface area contributed by atoms with Crippen LogP contribution in [0.4, 0.5) is 0 Å². The van der Waals surface area contributed by atoms with Crippen molar-refractivity contribution in [3.8, 4) is 12.1 Å². The highest BCUT2D eigenvalue weighted by Gasteiger charge is 1.88. The first kappa shape index (κ1) is 11.7. The Morgan fingerprint density at radius 1 is 0.923 bits per heavy atom. The van der Waals surface area contributed by atoms with Gasteiger partial charge in [-0.05, 0) is 19.3 Å². The molecule has 0 spiro atoms. The first-order valence-electron chi connectivity index (χ1n) is 4.83. The van der Waals surface area contributed by atoms with Gasteiger partial charge in [-0.3, -0.25) is 0 Å². The molecular formula is C11H16N2. The zero-order valence-electron chi connectivity index (χ0n) is 8.00. The van der Waals surface area contributed by atoms with Crippen LogP contribution in [0.1, 0.15) is 44.9 Å². The molecule has 0 amide bonds. The van der Waals surface area contributed by atoms with Gasteiger partial charge in [0.15, 0.2) is 0 Å². The Kier molecular flexibility index (Phi) is 9.66. The molecule has 13 heavy (non-hydrogen) atoms. The smallest absolute Gasteiger partial charge is 0.0908 e. The molecule has 0 atom stereocenters. The number of nitrogens with zero attached hydrogens (tertiary/aromatic N) is 2. The Morgan fingerprint density at radius 3 is 2.31 bits per heavy atom. The van der Waals surface area contributed by atoms with Gasteiger partial charge in [-0.2, -0.15) is 10.5 Å². The maximum atomic E-state index is 8.28. The standard InChI is InChI=1S/C11H16N2/c12-10-8-6-4-2-1-3-5-7-9-11-13/h6,8H,1-5,7,9H2. The van der Waals surface area contributed by atoms with Crippen molar-refractivity contribution in [2.45, 2.75) is 44.9 Å².